The first kappa shape index (κ1) is 20.6. The molecule has 2 rings (SSSR count). The highest BCUT2D eigenvalue weighted by Gasteiger charge is 2.27. The number of amides is 1. The van der Waals surface area contributed by atoms with Gasteiger partial charge in [0.1, 0.15) is 11.6 Å². The number of nitrogens with zero attached hydrogens (tertiary/aromatic N) is 2. The highest BCUT2D eigenvalue weighted by atomic mass is 35.5. The van der Waals surface area contributed by atoms with E-state index in [4.69, 9.17) is 20.8 Å². The van der Waals surface area contributed by atoms with Crippen LogP contribution in [0.2, 0.25) is 5.02 Å². The van der Waals surface area contributed by atoms with Gasteiger partial charge < -0.3 is 14.5 Å². The van der Waals surface area contributed by atoms with Gasteiger partial charge >= 0.3 is 6.09 Å². The number of rotatable bonds is 6. The largest absolute Gasteiger partial charge is 0.444 e. The molecule has 1 atom stereocenters. The zero-order chi connectivity index (χ0) is 19.3. The summed E-state index contributed by atoms with van der Waals surface area (Å²) in [6.45, 7) is 9.37. The van der Waals surface area contributed by atoms with E-state index in [-0.39, 0.29) is 5.92 Å². The molecule has 8 heteroatoms. The lowest BCUT2D eigenvalue weighted by atomic mass is 10.1. The second-order valence-corrected chi connectivity index (χ2v) is 8.55. The van der Waals surface area contributed by atoms with Gasteiger partial charge in [0.15, 0.2) is 0 Å². The van der Waals surface area contributed by atoms with Crippen LogP contribution in [0.25, 0.3) is 0 Å². The number of aromatic nitrogens is 2. The van der Waals surface area contributed by atoms with Crippen molar-refractivity contribution in [1.29, 1.82) is 0 Å². The fraction of sp³-hybridized carbons (Fsp3) is 0.500. The van der Waals surface area contributed by atoms with E-state index in [9.17, 15) is 4.79 Å². The first-order chi connectivity index (χ1) is 12.1. The SMILES string of the molecule is CC(C)C(NC(=O)OC(C)(C)C)c1nnc(SCc2ccc(Cl)cc2)o1. The van der Waals surface area contributed by atoms with Crippen LogP contribution in [0.15, 0.2) is 33.9 Å². The van der Waals surface area contributed by atoms with Gasteiger partial charge in [-0.3, -0.25) is 0 Å². The Morgan fingerprint density at radius 2 is 1.92 bits per heavy atom. The Hall–Kier alpha value is -1.73. The normalized spacial score (nSPS) is 12.9. The first-order valence-corrected chi connectivity index (χ1v) is 9.70. The molecular formula is C18H24ClN3O3S. The van der Waals surface area contributed by atoms with Crippen molar-refractivity contribution >= 4 is 29.5 Å². The molecule has 1 unspecified atom stereocenters. The Morgan fingerprint density at radius 1 is 1.27 bits per heavy atom. The molecule has 1 amide bonds. The predicted molar refractivity (Wildman–Crippen MR) is 102 cm³/mol. The molecule has 0 aliphatic carbocycles. The number of thioether (sulfide) groups is 1. The van der Waals surface area contributed by atoms with Crippen molar-refractivity contribution in [3.8, 4) is 0 Å². The summed E-state index contributed by atoms with van der Waals surface area (Å²) in [6, 6.07) is 7.18. The van der Waals surface area contributed by atoms with Crippen molar-refractivity contribution in [3.05, 3.63) is 40.7 Å². The van der Waals surface area contributed by atoms with Gasteiger partial charge in [0.25, 0.3) is 5.22 Å². The van der Waals surface area contributed by atoms with Gasteiger partial charge in [-0.1, -0.05) is 49.3 Å². The summed E-state index contributed by atoms with van der Waals surface area (Å²) in [5.74, 6) is 1.12. The molecular weight excluding hydrogens is 374 g/mol. The van der Waals surface area contributed by atoms with E-state index in [1.54, 1.807) is 0 Å². The van der Waals surface area contributed by atoms with Crippen LogP contribution >= 0.6 is 23.4 Å². The molecule has 0 fully saturated rings. The predicted octanol–water partition coefficient (Wildman–Crippen LogP) is 5.24. The second kappa shape index (κ2) is 8.77. The Labute approximate surface area is 163 Å². The maximum Gasteiger partial charge on any atom is 0.408 e. The summed E-state index contributed by atoms with van der Waals surface area (Å²) >= 11 is 7.32. The molecule has 0 saturated heterocycles. The van der Waals surface area contributed by atoms with Crippen LogP contribution in [0.1, 0.15) is 52.1 Å². The van der Waals surface area contributed by atoms with E-state index in [2.05, 4.69) is 15.5 Å². The maximum atomic E-state index is 12.1. The summed E-state index contributed by atoms with van der Waals surface area (Å²) in [6.07, 6.45) is -0.509. The summed E-state index contributed by atoms with van der Waals surface area (Å²) in [7, 11) is 0. The molecule has 1 heterocycles. The highest BCUT2D eigenvalue weighted by Crippen LogP contribution is 2.27. The van der Waals surface area contributed by atoms with E-state index in [0.717, 1.165) is 5.56 Å². The molecule has 0 aliphatic rings. The van der Waals surface area contributed by atoms with Crippen LogP contribution in [-0.2, 0) is 10.5 Å². The van der Waals surface area contributed by atoms with Crippen LogP contribution in [0.3, 0.4) is 0 Å². The number of hydrogen-bond acceptors (Lipinski definition) is 6. The van der Waals surface area contributed by atoms with E-state index >= 15 is 0 Å². The van der Waals surface area contributed by atoms with Crippen LogP contribution in [-0.4, -0.2) is 21.9 Å². The minimum atomic E-state index is -0.569. The number of carbonyl (C=O) groups excluding carboxylic acids is 1. The van der Waals surface area contributed by atoms with Crippen LogP contribution in [0.4, 0.5) is 4.79 Å². The number of hydrogen-bond donors (Lipinski definition) is 1. The lowest BCUT2D eigenvalue weighted by Gasteiger charge is -2.23. The van der Waals surface area contributed by atoms with E-state index < -0.39 is 17.7 Å². The standard InChI is InChI=1S/C18H24ClN3O3S/c1-11(2)14(20-16(23)25-18(3,4)5)15-21-22-17(24-15)26-10-12-6-8-13(19)9-7-12/h6-9,11,14H,10H2,1-5H3,(H,20,23). The topological polar surface area (TPSA) is 77.2 Å². The molecule has 6 nitrogen and oxygen atoms in total. The van der Waals surface area contributed by atoms with Crippen molar-refractivity contribution in [2.24, 2.45) is 5.92 Å². The Kier molecular flexibility index (Phi) is 6.94. The van der Waals surface area contributed by atoms with Crippen LogP contribution in [0.5, 0.6) is 0 Å². The average molecular weight is 398 g/mol. The minimum absolute atomic E-state index is 0.0667. The first-order valence-electron chi connectivity index (χ1n) is 8.34. The van der Waals surface area contributed by atoms with E-state index in [1.165, 1.54) is 11.8 Å². The molecule has 1 N–H and O–H groups in total. The van der Waals surface area contributed by atoms with E-state index in [0.29, 0.717) is 21.9 Å². The second-order valence-electron chi connectivity index (χ2n) is 7.19. The Balaban J connectivity index is 1.99. The molecule has 0 radical (unpaired) electrons. The number of benzene rings is 1. The zero-order valence-corrected chi connectivity index (χ0v) is 17.1. The highest BCUT2D eigenvalue weighted by molar-refractivity contribution is 7.98. The third-order valence-corrected chi connectivity index (χ3v) is 4.44. The monoisotopic (exact) mass is 397 g/mol. The number of alkyl carbamates (subject to hydrolysis) is 1. The van der Waals surface area contributed by atoms with Gasteiger partial charge in [0.2, 0.25) is 5.89 Å². The van der Waals surface area contributed by atoms with Crippen molar-refractivity contribution in [2.75, 3.05) is 0 Å². The quantitative estimate of drug-likeness (QED) is 0.672. The zero-order valence-electron chi connectivity index (χ0n) is 15.6. The molecule has 0 aliphatic heterocycles. The van der Waals surface area contributed by atoms with Crippen molar-refractivity contribution in [2.45, 2.75) is 57.2 Å². The smallest absolute Gasteiger partial charge is 0.408 e. The Morgan fingerprint density at radius 3 is 2.50 bits per heavy atom. The number of nitrogens with one attached hydrogen (secondary N) is 1. The molecule has 0 saturated carbocycles. The average Bonchev–Trinajstić information content (AvgIpc) is 2.98. The molecule has 1 aromatic carbocycles. The van der Waals surface area contributed by atoms with Crippen LogP contribution in [0, 0.1) is 5.92 Å². The summed E-state index contributed by atoms with van der Waals surface area (Å²) in [4.78, 5) is 12.1. The fourth-order valence-electron chi connectivity index (χ4n) is 2.08. The van der Waals surface area contributed by atoms with Crippen molar-refractivity contribution < 1.29 is 13.9 Å². The van der Waals surface area contributed by atoms with Gasteiger partial charge in [-0.2, -0.15) is 0 Å². The molecule has 142 valence electrons. The molecule has 0 bridgehead atoms. The summed E-state index contributed by atoms with van der Waals surface area (Å²) in [5.41, 5.74) is 0.534. The fourth-order valence-corrected chi connectivity index (χ4v) is 2.93. The minimum Gasteiger partial charge on any atom is -0.444 e. The molecule has 0 spiro atoms. The van der Waals surface area contributed by atoms with Crippen molar-refractivity contribution in [3.63, 3.8) is 0 Å². The maximum absolute atomic E-state index is 12.1. The van der Waals surface area contributed by atoms with Gasteiger partial charge in [0.05, 0.1) is 0 Å². The third kappa shape index (κ3) is 6.53. The van der Waals surface area contributed by atoms with Gasteiger partial charge in [-0.05, 0) is 44.4 Å². The van der Waals surface area contributed by atoms with Gasteiger partial charge in [-0.15, -0.1) is 10.2 Å². The van der Waals surface area contributed by atoms with Crippen molar-refractivity contribution in [1.82, 2.24) is 15.5 Å². The van der Waals surface area contributed by atoms with E-state index in [1.807, 2.05) is 58.9 Å². The number of halogens is 1. The Bertz CT molecular complexity index is 726. The third-order valence-electron chi connectivity index (χ3n) is 3.30. The van der Waals surface area contributed by atoms with Gasteiger partial charge in [0, 0.05) is 10.8 Å². The number of ether oxygens (including phenoxy) is 1. The summed E-state index contributed by atoms with van der Waals surface area (Å²) in [5, 5.41) is 12.1. The summed E-state index contributed by atoms with van der Waals surface area (Å²) < 4.78 is 11.0. The van der Waals surface area contributed by atoms with Crippen LogP contribution < -0.4 is 5.32 Å². The molecule has 1 aromatic heterocycles. The lowest BCUT2D eigenvalue weighted by molar-refractivity contribution is 0.0477. The molecule has 2 aromatic rings. The van der Waals surface area contributed by atoms with Gasteiger partial charge in [-0.25, -0.2) is 4.79 Å². The molecule has 26 heavy (non-hydrogen) atoms. The number of carbonyl (C=O) groups is 1. The lowest BCUT2D eigenvalue weighted by Crippen LogP contribution is -2.37.